The molecule has 192 valence electrons. The number of fused-ring (bicyclic) bond motifs is 1. The summed E-state index contributed by atoms with van der Waals surface area (Å²) in [7, 11) is 0. The van der Waals surface area contributed by atoms with Gasteiger partial charge in [0, 0.05) is 22.2 Å². The Bertz CT molecular complexity index is 1460. The minimum atomic E-state index is -0.195. The zero-order valence-electron chi connectivity index (χ0n) is 23.2. The Kier molecular flexibility index (Phi) is 7.38. The van der Waals surface area contributed by atoms with Gasteiger partial charge >= 0.3 is 0 Å². The number of benzene rings is 5. The molecule has 0 aromatic heterocycles. The van der Waals surface area contributed by atoms with Crippen molar-refractivity contribution in [2.45, 2.75) is 57.9 Å². The van der Waals surface area contributed by atoms with Gasteiger partial charge in [-0.1, -0.05) is 137 Å². The molecule has 0 saturated carbocycles. The summed E-state index contributed by atoms with van der Waals surface area (Å²) in [5.41, 5.74) is 6.36. The number of rotatable bonds is 9. The first-order chi connectivity index (χ1) is 18.6. The van der Waals surface area contributed by atoms with Crippen LogP contribution in [0.4, 0.5) is 11.4 Å². The number of hydrogen-bond acceptors (Lipinski definition) is 1. The standard InChI is InChI=1S/C37H39N/c1-5-36(4,30-19-10-8-11-20-30)31-25-27-32(28-26-31)37(6-2,7-3)38(33-21-12-9-13-22-33)35-24-16-18-29-17-14-15-23-34(29)35/h8-28H,5-7H2,1-4H3. The highest BCUT2D eigenvalue weighted by Crippen LogP contribution is 2.47. The lowest BCUT2D eigenvalue weighted by atomic mass is 9.73. The van der Waals surface area contributed by atoms with Gasteiger partial charge in [0.25, 0.3) is 0 Å². The predicted octanol–water partition coefficient (Wildman–Crippen LogP) is 10.4. The monoisotopic (exact) mass is 497 g/mol. The summed E-state index contributed by atoms with van der Waals surface area (Å²) in [5.74, 6) is 0. The summed E-state index contributed by atoms with van der Waals surface area (Å²) in [5, 5.41) is 2.55. The molecule has 0 heterocycles. The molecule has 0 radical (unpaired) electrons. The van der Waals surface area contributed by atoms with Gasteiger partial charge in [0.1, 0.15) is 0 Å². The van der Waals surface area contributed by atoms with Crippen LogP contribution in [0.1, 0.15) is 63.6 Å². The van der Waals surface area contributed by atoms with Crippen molar-refractivity contribution in [3.8, 4) is 0 Å². The van der Waals surface area contributed by atoms with E-state index in [2.05, 4.69) is 160 Å². The van der Waals surface area contributed by atoms with E-state index in [1.54, 1.807) is 0 Å². The molecule has 0 fully saturated rings. The molecule has 0 amide bonds. The fourth-order valence-corrected chi connectivity index (χ4v) is 6.23. The van der Waals surface area contributed by atoms with Crippen molar-refractivity contribution in [2.75, 3.05) is 4.90 Å². The number of anilines is 2. The zero-order chi connectivity index (χ0) is 26.6. The van der Waals surface area contributed by atoms with Crippen LogP contribution >= 0.6 is 0 Å². The maximum Gasteiger partial charge on any atom is 0.0697 e. The van der Waals surface area contributed by atoms with Crippen LogP contribution < -0.4 is 4.90 Å². The summed E-state index contributed by atoms with van der Waals surface area (Å²) < 4.78 is 0. The topological polar surface area (TPSA) is 3.24 Å². The van der Waals surface area contributed by atoms with Gasteiger partial charge in [-0.3, -0.25) is 0 Å². The fraction of sp³-hybridized carbons (Fsp3) is 0.243. The predicted molar refractivity (Wildman–Crippen MR) is 164 cm³/mol. The summed E-state index contributed by atoms with van der Waals surface area (Å²) in [4.78, 5) is 2.60. The van der Waals surface area contributed by atoms with Crippen molar-refractivity contribution in [1.29, 1.82) is 0 Å². The van der Waals surface area contributed by atoms with Gasteiger partial charge in [0.15, 0.2) is 0 Å². The quantitative estimate of drug-likeness (QED) is 0.196. The van der Waals surface area contributed by atoms with Crippen molar-refractivity contribution in [3.05, 3.63) is 144 Å². The van der Waals surface area contributed by atoms with Crippen molar-refractivity contribution in [2.24, 2.45) is 0 Å². The fourth-order valence-electron chi connectivity index (χ4n) is 6.23. The minimum absolute atomic E-state index is 0.0182. The zero-order valence-corrected chi connectivity index (χ0v) is 23.2. The van der Waals surface area contributed by atoms with E-state index >= 15 is 0 Å². The van der Waals surface area contributed by atoms with Gasteiger partial charge in [-0.05, 0) is 59.5 Å². The lowest BCUT2D eigenvalue weighted by molar-refractivity contribution is 0.404. The van der Waals surface area contributed by atoms with Crippen LogP contribution in [0.2, 0.25) is 0 Å². The molecule has 0 saturated heterocycles. The Hall–Kier alpha value is -3.84. The third-order valence-corrected chi connectivity index (χ3v) is 8.80. The molecule has 1 atom stereocenters. The molecule has 5 aromatic rings. The Morgan fingerprint density at radius 1 is 0.500 bits per heavy atom. The first-order valence-electron chi connectivity index (χ1n) is 14.1. The first-order valence-corrected chi connectivity index (χ1v) is 14.1. The van der Waals surface area contributed by atoms with Crippen molar-refractivity contribution in [3.63, 3.8) is 0 Å². The average molecular weight is 498 g/mol. The molecule has 0 spiro atoms. The molecule has 0 N–H and O–H groups in total. The number of para-hydroxylation sites is 1. The van der Waals surface area contributed by atoms with Crippen LogP contribution in [0, 0.1) is 0 Å². The van der Waals surface area contributed by atoms with Gasteiger partial charge in [0.2, 0.25) is 0 Å². The van der Waals surface area contributed by atoms with E-state index in [9.17, 15) is 0 Å². The van der Waals surface area contributed by atoms with E-state index in [-0.39, 0.29) is 11.0 Å². The minimum Gasteiger partial charge on any atom is -0.331 e. The smallest absolute Gasteiger partial charge is 0.0697 e. The summed E-state index contributed by atoms with van der Waals surface area (Å²) in [6.45, 7) is 9.33. The SMILES string of the molecule is CCC(C)(c1ccccc1)c1ccc(C(CC)(CC)N(c2ccccc2)c2cccc3ccccc23)cc1. The molecule has 0 aliphatic rings. The van der Waals surface area contributed by atoms with Crippen LogP contribution in [-0.2, 0) is 11.0 Å². The Balaban J connectivity index is 1.68. The molecule has 0 aliphatic heterocycles. The highest BCUT2D eigenvalue weighted by Gasteiger charge is 2.38. The molecule has 1 nitrogen and oxygen atoms in total. The van der Waals surface area contributed by atoms with Crippen LogP contribution in [0.3, 0.4) is 0 Å². The lowest BCUT2D eigenvalue weighted by Crippen LogP contribution is -2.43. The van der Waals surface area contributed by atoms with Crippen molar-refractivity contribution in [1.82, 2.24) is 0 Å². The van der Waals surface area contributed by atoms with E-state index < -0.39 is 0 Å². The molecule has 0 bridgehead atoms. The van der Waals surface area contributed by atoms with E-state index in [1.807, 2.05) is 0 Å². The highest BCUT2D eigenvalue weighted by atomic mass is 15.2. The second-order valence-electron chi connectivity index (χ2n) is 10.5. The van der Waals surface area contributed by atoms with E-state index in [4.69, 9.17) is 0 Å². The molecule has 1 unspecified atom stereocenters. The molecular weight excluding hydrogens is 458 g/mol. The second kappa shape index (κ2) is 10.9. The molecule has 0 aliphatic carbocycles. The van der Waals surface area contributed by atoms with Crippen LogP contribution in [0.5, 0.6) is 0 Å². The van der Waals surface area contributed by atoms with Crippen molar-refractivity contribution >= 4 is 22.1 Å². The molecular formula is C37H39N. The Morgan fingerprint density at radius 3 is 1.66 bits per heavy atom. The van der Waals surface area contributed by atoms with Gasteiger partial charge in [0.05, 0.1) is 5.54 Å². The summed E-state index contributed by atoms with van der Waals surface area (Å²) >= 11 is 0. The molecule has 5 rings (SSSR count). The van der Waals surface area contributed by atoms with E-state index in [0.717, 1.165) is 19.3 Å². The molecule has 1 heteroatoms. The number of nitrogens with zero attached hydrogens (tertiary/aromatic N) is 1. The van der Waals surface area contributed by atoms with Crippen molar-refractivity contribution < 1.29 is 0 Å². The number of hydrogen-bond donors (Lipinski definition) is 0. The lowest BCUT2D eigenvalue weighted by Gasteiger charge is -2.46. The van der Waals surface area contributed by atoms with Gasteiger partial charge < -0.3 is 4.90 Å². The Morgan fingerprint density at radius 2 is 1.03 bits per heavy atom. The first kappa shape index (κ1) is 25.8. The van der Waals surface area contributed by atoms with Crippen LogP contribution in [0.25, 0.3) is 10.8 Å². The molecule has 38 heavy (non-hydrogen) atoms. The van der Waals surface area contributed by atoms with Gasteiger partial charge in [-0.15, -0.1) is 0 Å². The normalized spacial score (nSPS) is 13.3. The van der Waals surface area contributed by atoms with Gasteiger partial charge in [-0.2, -0.15) is 0 Å². The van der Waals surface area contributed by atoms with E-state index in [1.165, 1.54) is 38.8 Å². The maximum atomic E-state index is 2.60. The summed E-state index contributed by atoms with van der Waals surface area (Å²) in [6, 6.07) is 46.8. The van der Waals surface area contributed by atoms with E-state index in [0.29, 0.717) is 0 Å². The average Bonchev–Trinajstić information content (AvgIpc) is 3.00. The largest absolute Gasteiger partial charge is 0.331 e. The summed E-state index contributed by atoms with van der Waals surface area (Å²) in [6.07, 6.45) is 3.03. The third-order valence-electron chi connectivity index (χ3n) is 8.80. The molecule has 5 aromatic carbocycles. The van der Waals surface area contributed by atoms with Crippen LogP contribution in [0.15, 0.2) is 127 Å². The van der Waals surface area contributed by atoms with Crippen LogP contribution in [-0.4, -0.2) is 0 Å². The maximum absolute atomic E-state index is 2.60. The van der Waals surface area contributed by atoms with Gasteiger partial charge in [-0.25, -0.2) is 0 Å². The highest BCUT2D eigenvalue weighted by molar-refractivity contribution is 5.96. The Labute approximate surface area is 228 Å². The second-order valence-corrected chi connectivity index (χ2v) is 10.5. The third kappa shape index (κ3) is 4.41.